The van der Waals surface area contributed by atoms with E-state index in [2.05, 4.69) is 39.2 Å². The largest absolute Gasteiger partial charge is 0.378 e. The average molecular weight is 816 g/mol. The molecule has 4 fully saturated rings. The fraction of sp³-hybridized carbons (Fsp3) is 0.917. The van der Waals surface area contributed by atoms with Gasteiger partial charge in [0.1, 0.15) is 6.54 Å². The minimum Gasteiger partial charge on any atom is -0.378 e. The number of rotatable bonds is 28. The number of unbranched alkanes of at least 4 members (excludes halogenated alkanes) is 5. The quantitative estimate of drug-likeness (QED) is 0.0538. The van der Waals surface area contributed by atoms with Crippen molar-refractivity contribution in [2.75, 3.05) is 65.6 Å². The second-order valence-electron chi connectivity index (χ2n) is 19.4. The Morgan fingerprint density at radius 2 is 1.45 bits per heavy atom. The summed E-state index contributed by atoms with van der Waals surface area (Å²) in [5.41, 5.74) is 18.1. The first-order chi connectivity index (χ1) is 28.0. The summed E-state index contributed by atoms with van der Waals surface area (Å²) in [7, 11) is 0. The van der Waals surface area contributed by atoms with Crippen LogP contribution in [0, 0.1) is 46.3 Å². The third-order valence-electron chi connectivity index (χ3n) is 15.8. The van der Waals surface area contributed by atoms with E-state index >= 15 is 0 Å². The summed E-state index contributed by atoms with van der Waals surface area (Å²) in [5, 5.41) is 0. The maximum atomic E-state index is 13.7. The Labute approximate surface area is 354 Å². The Bertz CT molecular complexity index is 1220. The van der Waals surface area contributed by atoms with Crippen molar-refractivity contribution in [2.45, 2.75) is 169 Å². The minimum absolute atomic E-state index is 0.0388. The third-order valence-corrected chi connectivity index (χ3v) is 15.8. The van der Waals surface area contributed by atoms with Crippen molar-refractivity contribution in [2.24, 2.45) is 63.5 Å². The highest BCUT2D eigenvalue weighted by molar-refractivity contribution is 5.84. The number of nitrogens with zero attached hydrogens (tertiary/aromatic N) is 2. The molecule has 4 aliphatic rings. The Morgan fingerprint density at radius 3 is 2.12 bits per heavy atom. The van der Waals surface area contributed by atoms with Crippen molar-refractivity contribution in [1.29, 1.82) is 0 Å². The van der Waals surface area contributed by atoms with Gasteiger partial charge in [0.15, 0.2) is 0 Å². The molecule has 0 bridgehead atoms. The molecule has 0 saturated heterocycles. The first kappa shape index (κ1) is 49.1. The first-order valence-corrected chi connectivity index (χ1v) is 24.1. The second kappa shape index (κ2) is 24.8. The van der Waals surface area contributed by atoms with Gasteiger partial charge in [0.25, 0.3) is 0 Å². The molecule has 10 heteroatoms. The third kappa shape index (κ3) is 12.5. The van der Waals surface area contributed by atoms with Gasteiger partial charge in [0.2, 0.25) is 11.8 Å². The number of hydrogen-bond donors (Lipinski definition) is 3. The SMILES string of the molecule is C=CCN(CC(=O)N(CCCCCCCC)CCCC(C)C1CC[C@H]2C3[C@H](OCCCN)CC4C[C@H](OCCCN)CC[C@]4(C)[C@H]3C[C@H](OCCCN)[C@]12C)C(C)=O. The predicted octanol–water partition coefficient (Wildman–Crippen LogP) is 7.71. The van der Waals surface area contributed by atoms with E-state index in [9.17, 15) is 9.59 Å². The molecule has 0 radical (unpaired) electrons. The minimum atomic E-state index is -0.0853. The molecule has 0 aliphatic heterocycles. The zero-order valence-electron chi connectivity index (χ0n) is 37.9. The van der Waals surface area contributed by atoms with Gasteiger partial charge < -0.3 is 41.2 Å². The van der Waals surface area contributed by atoms with E-state index in [-0.39, 0.29) is 41.4 Å². The molecule has 0 heterocycles. The lowest BCUT2D eigenvalue weighted by molar-refractivity contribution is -0.227. The number of amides is 2. The Morgan fingerprint density at radius 1 is 0.793 bits per heavy atom. The van der Waals surface area contributed by atoms with Crippen LogP contribution in [0.15, 0.2) is 12.7 Å². The first-order valence-electron chi connectivity index (χ1n) is 24.1. The van der Waals surface area contributed by atoms with Gasteiger partial charge in [-0.05, 0) is 144 Å². The van der Waals surface area contributed by atoms with E-state index in [1.807, 2.05) is 0 Å². The summed E-state index contributed by atoms with van der Waals surface area (Å²) in [6.45, 7) is 21.5. The molecule has 0 aromatic carbocycles. The predicted molar refractivity (Wildman–Crippen MR) is 237 cm³/mol. The highest BCUT2D eigenvalue weighted by Gasteiger charge is 2.66. The fourth-order valence-corrected chi connectivity index (χ4v) is 12.6. The van der Waals surface area contributed by atoms with E-state index in [1.54, 1.807) is 17.9 Å². The van der Waals surface area contributed by atoms with Crippen LogP contribution in [0.25, 0.3) is 0 Å². The number of carbonyl (C=O) groups is 2. The number of carbonyl (C=O) groups excluding carboxylic acids is 2. The average Bonchev–Trinajstić information content (AvgIpc) is 3.56. The van der Waals surface area contributed by atoms with Crippen LogP contribution < -0.4 is 17.2 Å². The number of hydrogen-bond acceptors (Lipinski definition) is 8. The molecular formula is C48H89N5O5. The number of nitrogens with two attached hydrogens (primary N) is 3. The van der Waals surface area contributed by atoms with Crippen molar-refractivity contribution >= 4 is 11.8 Å². The van der Waals surface area contributed by atoms with Crippen molar-refractivity contribution in [1.82, 2.24) is 9.80 Å². The van der Waals surface area contributed by atoms with Crippen molar-refractivity contribution < 1.29 is 23.8 Å². The molecule has 58 heavy (non-hydrogen) atoms. The topological polar surface area (TPSA) is 146 Å². The van der Waals surface area contributed by atoms with Gasteiger partial charge in [0, 0.05) is 51.8 Å². The van der Waals surface area contributed by atoms with E-state index in [0.717, 1.165) is 96.9 Å². The molecule has 11 atom stereocenters. The monoisotopic (exact) mass is 816 g/mol. The van der Waals surface area contributed by atoms with Crippen LogP contribution >= 0.6 is 0 Å². The second-order valence-corrected chi connectivity index (χ2v) is 19.4. The number of ether oxygens (including phenoxy) is 3. The van der Waals surface area contributed by atoms with Gasteiger partial charge in [0.05, 0.1) is 18.3 Å². The lowest BCUT2D eigenvalue weighted by Gasteiger charge is -2.65. The van der Waals surface area contributed by atoms with Crippen LogP contribution in [0.1, 0.15) is 150 Å². The van der Waals surface area contributed by atoms with Gasteiger partial charge in [-0.15, -0.1) is 6.58 Å². The normalized spacial score (nSPS) is 32.2. The summed E-state index contributed by atoms with van der Waals surface area (Å²) < 4.78 is 20.5. The Kier molecular flexibility index (Phi) is 21.0. The van der Waals surface area contributed by atoms with Crippen molar-refractivity contribution in [3.63, 3.8) is 0 Å². The van der Waals surface area contributed by atoms with Crippen LogP contribution in [-0.2, 0) is 23.8 Å². The molecule has 6 N–H and O–H groups in total. The standard InChI is InChI=1S/C48H89N5O5/c1-7-9-10-11-12-13-27-52(45(55)35-53(26-8-2)37(4)54)28-14-18-36(3)40-19-20-41-46-42(34-44(48(40,41)6)58-31-17-25-51)47(5)22-21-39(56-29-15-23-49)32-38(47)33-43(46)57-30-16-24-50/h8,36,38-44,46H,2,7,9-35,49-51H2,1,3-6H3/t36?,38?,39-,40?,41+,42+,43-,44+,46?,47+,48-/m1/s1. The molecule has 0 aromatic rings. The number of fused-ring (bicyclic) bond motifs is 5. The van der Waals surface area contributed by atoms with Crippen LogP contribution in [-0.4, -0.2) is 106 Å². The molecule has 0 aromatic heterocycles. The lowest BCUT2D eigenvalue weighted by atomic mass is 9.43. The maximum Gasteiger partial charge on any atom is 0.242 e. The molecule has 2 amide bonds. The summed E-state index contributed by atoms with van der Waals surface area (Å²) >= 11 is 0. The maximum absolute atomic E-state index is 13.7. The fourth-order valence-electron chi connectivity index (χ4n) is 12.6. The molecular weight excluding hydrogens is 727 g/mol. The molecule has 336 valence electrons. The van der Waals surface area contributed by atoms with Crippen molar-refractivity contribution in [3.05, 3.63) is 12.7 Å². The highest BCUT2D eigenvalue weighted by atomic mass is 16.5. The van der Waals surface area contributed by atoms with E-state index in [1.165, 1.54) is 44.9 Å². The molecule has 4 rings (SSSR count). The van der Waals surface area contributed by atoms with Crippen LogP contribution in [0.3, 0.4) is 0 Å². The van der Waals surface area contributed by atoms with Crippen LogP contribution in [0.5, 0.6) is 0 Å². The van der Waals surface area contributed by atoms with E-state index in [0.29, 0.717) is 74.4 Å². The zero-order chi connectivity index (χ0) is 42.1. The van der Waals surface area contributed by atoms with Crippen molar-refractivity contribution in [3.8, 4) is 0 Å². The highest BCUT2D eigenvalue weighted by Crippen LogP contribution is 2.69. The van der Waals surface area contributed by atoms with Crippen LogP contribution in [0.2, 0.25) is 0 Å². The summed E-state index contributed by atoms with van der Waals surface area (Å²) in [5.74, 6) is 3.16. The summed E-state index contributed by atoms with van der Waals surface area (Å²) in [4.78, 5) is 29.7. The molecule has 4 aliphatic carbocycles. The van der Waals surface area contributed by atoms with E-state index < -0.39 is 0 Å². The molecule has 4 unspecified atom stereocenters. The Balaban J connectivity index is 1.52. The zero-order valence-corrected chi connectivity index (χ0v) is 37.9. The van der Waals surface area contributed by atoms with Gasteiger partial charge in [-0.1, -0.05) is 65.9 Å². The molecule has 4 saturated carbocycles. The van der Waals surface area contributed by atoms with Gasteiger partial charge in [-0.2, -0.15) is 0 Å². The van der Waals surface area contributed by atoms with Gasteiger partial charge in [-0.3, -0.25) is 9.59 Å². The molecule has 0 spiro atoms. The van der Waals surface area contributed by atoms with Crippen LogP contribution in [0.4, 0.5) is 0 Å². The smallest absolute Gasteiger partial charge is 0.242 e. The summed E-state index contributed by atoms with van der Waals surface area (Å²) in [6.07, 6.45) is 22.3. The Hall–Kier alpha value is -1.56. The van der Waals surface area contributed by atoms with E-state index in [4.69, 9.17) is 31.4 Å². The molecule has 10 nitrogen and oxygen atoms in total. The summed E-state index contributed by atoms with van der Waals surface area (Å²) in [6, 6.07) is 0. The lowest BCUT2D eigenvalue weighted by Crippen LogP contribution is -2.63. The van der Waals surface area contributed by atoms with Gasteiger partial charge >= 0.3 is 0 Å². The van der Waals surface area contributed by atoms with Gasteiger partial charge in [-0.25, -0.2) is 0 Å².